The Hall–Kier alpha value is -2.67. The Labute approximate surface area is 169 Å². The fourth-order valence-corrected chi connectivity index (χ4v) is 3.51. The van der Waals surface area contributed by atoms with Gasteiger partial charge in [-0.25, -0.2) is 8.78 Å². The molecular weight excluding hydrogens is 376 g/mol. The lowest BCUT2D eigenvalue weighted by molar-refractivity contribution is -0.123. The van der Waals surface area contributed by atoms with Gasteiger partial charge in [0.05, 0.1) is 6.04 Å². The van der Waals surface area contributed by atoms with Gasteiger partial charge in [0.15, 0.2) is 11.6 Å². The van der Waals surface area contributed by atoms with Crippen LogP contribution in [0.1, 0.15) is 25.3 Å². The molecule has 0 spiro atoms. The monoisotopic (exact) mass is 403 g/mol. The first kappa shape index (κ1) is 21.0. The predicted octanol–water partition coefficient (Wildman–Crippen LogP) is 3.54. The van der Waals surface area contributed by atoms with E-state index in [0.29, 0.717) is 12.4 Å². The number of carbonyl (C=O) groups excluding carboxylic acids is 1. The number of hydrogen-bond donors (Lipinski definition) is 2. The lowest BCUT2D eigenvalue weighted by Crippen LogP contribution is -2.38. The molecule has 1 atom stereocenters. The van der Waals surface area contributed by atoms with Crippen LogP contribution in [-0.2, 0) is 11.3 Å². The number of rotatable bonds is 8. The molecule has 7 heteroatoms. The number of benzene rings is 2. The van der Waals surface area contributed by atoms with E-state index in [2.05, 4.69) is 22.3 Å². The molecular formula is C22H27F2N3O2. The summed E-state index contributed by atoms with van der Waals surface area (Å²) >= 11 is 0. The summed E-state index contributed by atoms with van der Waals surface area (Å²) in [5.41, 5.74) is 7.55. The van der Waals surface area contributed by atoms with E-state index in [9.17, 15) is 13.6 Å². The topological polar surface area (TPSA) is 67.6 Å². The highest BCUT2D eigenvalue weighted by atomic mass is 19.2. The first-order chi connectivity index (χ1) is 13.9. The smallest absolute Gasteiger partial charge is 0.220 e. The van der Waals surface area contributed by atoms with Gasteiger partial charge in [-0.2, -0.15) is 0 Å². The van der Waals surface area contributed by atoms with Crippen molar-refractivity contribution >= 4 is 11.6 Å². The highest BCUT2D eigenvalue weighted by Crippen LogP contribution is 2.20. The van der Waals surface area contributed by atoms with Gasteiger partial charge in [0, 0.05) is 24.2 Å². The molecule has 0 saturated carbocycles. The second-order valence-corrected chi connectivity index (χ2v) is 7.59. The van der Waals surface area contributed by atoms with Gasteiger partial charge >= 0.3 is 0 Å². The lowest BCUT2D eigenvalue weighted by Gasteiger charge is -2.30. The van der Waals surface area contributed by atoms with Crippen molar-refractivity contribution in [3.05, 3.63) is 59.7 Å². The van der Waals surface area contributed by atoms with Crippen molar-refractivity contribution in [1.29, 1.82) is 0 Å². The number of ether oxygens (including phenoxy) is 1. The fourth-order valence-electron chi connectivity index (χ4n) is 3.51. The molecule has 2 aromatic rings. The molecule has 29 heavy (non-hydrogen) atoms. The van der Waals surface area contributed by atoms with E-state index in [4.69, 9.17) is 10.5 Å². The summed E-state index contributed by atoms with van der Waals surface area (Å²) in [7, 11) is 0. The normalized spacial score (nSPS) is 16.4. The maximum absolute atomic E-state index is 13.3. The van der Waals surface area contributed by atoms with Crippen LogP contribution in [0.2, 0.25) is 0 Å². The molecule has 1 fully saturated rings. The molecule has 3 N–H and O–H groups in total. The van der Waals surface area contributed by atoms with Gasteiger partial charge < -0.3 is 15.8 Å². The molecule has 156 valence electrons. The number of piperidine rings is 1. The van der Waals surface area contributed by atoms with E-state index in [1.54, 1.807) is 0 Å². The second-order valence-electron chi connectivity index (χ2n) is 7.59. The highest BCUT2D eigenvalue weighted by Gasteiger charge is 2.23. The number of anilines is 1. The van der Waals surface area contributed by atoms with Crippen LogP contribution in [0, 0.1) is 17.6 Å². The Balaban J connectivity index is 1.48. The van der Waals surface area contributed by atoms with Crippen LogP contribution in [-0.4, -0.2) is 36.5 Å². The van der Waals surface area contributed by atoms with Gasteiger partial charge in [-0.05, 0) is 62.7 Å². The summed E-state index contributed by atoms with van der Waals surface area (Å²) in [6.45, 7) is 4.82. The van der Waals surface area contributed by atoms with Gasteiger partial charge in [-0.1, -0.05) is 12.1 Å². The third-order valence-corrected chi connectivity index (χ3v) is 5.13. The number of halogens is 2. The van der Waals surface area contributed by atoms with Gasteiger partial charge in [0.2, 0.25) is 5.91 Å². The van der Waals surface area contributed by atoms with E-state index in [1.807, 2.05) is 19.1 Å². The Kier molecular flexibility index (Phi) is 7.04. The number of hydrogen-bond acceptors (Lipinski definition) is 4. The molecule has 5 nitrogen and oxygen atoms in total. The summed E-state index contributed by atoms with van der Waals surface area (Å²) in [5, 5.41) is 3.37. The number of likely N-dealkylation sites (tertiary alicyclic amines) is 1. The molecule has 1 unspecified atom stereocenters. The van der Waals surface area contributed by atoms with Gasteiger partial charge in [-0.3, -0.25) is 9.69 Å². The zero-order valence-electron chi connectivity index (χ0n) is 16.5. The number of primary amides is 1. The molecule has 3 rings (SSSR count). The molecule has 1 aliphatic rings. The molecule has 0 radical (unpaired) electrons. The van der Waals surface area contributed by atoms with Crippen molar-refractivity contribution in [3.63, 3.8) is 0 Å². The summed E-state index contributed by atoms with van der Waals surface area (Å²) < 4.78 is 31.8. The fraction of sp³-hybridized carbons (Fsp3) is 0.409. The van der Waals surface area contributed by atoms with Crippen molar-refractivity contribution in [2.24, 2.45) is 11.7 Å². The van der Waals surface area contributed by atoms with Gasteiger partial charge in [0.25, 0.3) is 0 Å². The van der Waals surface area contributed by atoms with Gasteiger partial charge in [0.1, 0.15) is 12.4 Å². The number of nitrogens with one attached hydrogen (secondary N) is 1. The van der Waals surface area contributed by atoms with Crippen molar-refractivity contribution in [1.82, 2.24) is 4.90 Å². The van der Waals surface area contributed by atoms with E-state index >= 15 is 0 Å². The molecule has 0 aromatic heterocycles. The van der Waals surface area contributed by atoms with Gasteiger partial charge in [-0.15, -0.1) is 0 Å². The zero-order chi connectivity index (χ0) is 20.8. The molecule has 1 amide bonds. The summed E-state index contributed by atoms with van der Waals surface area (Å²) in [6.07, 6.45) is 1.62. The van der Waals surface area contributed by atoms with E-state index < -0.39 is 11.6 Å². The van der Waals surface area contributed by atoms with Crippen LogP contribution in [0.15, 0.2) is 42.5 Å². The van der Waals surface area contributed by atoms with Crippen LogP contribution < -0.4 is 15.8 Å². The Morgan fingerprint density at radius 2 is 1.97 bits per heavy atom. The summed E-state index contributed by atoms with van der Waals surface area (Å²) in [6, 6.07) is 11.6. The number of nitrogens with two attached hydrogens (primary N) is 1. The van der Waals surface area contributed by atoms with Crippen LogP contribution in [0.5, 0.6) is 5.75 Å². The first-order valence-electron chi connectivity index (χ1n) is 9.85. The minimum atomic E-state index is -0.921. The largest absolute Gasteiger partial charge is 0.491 e. The average Bonchev–Trinajstić information content (AvgIpc) is 2.69. The summed E-state index contributed by atoms with van der Waals surface area (Å²) in [4.78, 5) is 13.6. The summed E-state index contributed by atoms with van der Waals surface area (Å²) in [5.74, 6) is -1.72. The third kappa shape index (κ3) is 6.15. The van der Waals surface area contributed by atoms with Crippen molar-refractivity contribution in [2.45, 2.75) is 32.4 Å². The van der Waals surface area contributed by atoms with Crippen molar-refractivity contribution in [3.8, 4) is 5.75 Å². The minimum Gasteiger partial charge on any atom is -0.491 e. The highest BCUT2D eigenvalue weighted by molar-refractivity contribution is 5.76. The maximum atomic E-state index is 13.3. The lowest BCUT2D eigenvalue weighted by atomic mass is 9.96. The maximum Gasteiger partial charge on any atom is 0.220 e. The number of amides is 1. The standard InChI is InChI=1S/C22H27F2N3O2/c1-15(14-29-19-5-6-20(23)21(24)12-19)26-18-4-2-3-16(11-18)13-27-9-7-17(8-10-27)22(25)28/h2-6,11-12,15,17,26H,7-10,13-14H2,1H3,(H2,25,28). The zero-order valence-corrected chi connectivity index (χ0v) is 16.5. The van der Waals surface area contributed by atoms with E-state index in [-0.39, 0.29) is 17.9 Å². The van der Waals surface area contributed by atoms with E-state index in [1.165, 1.54) is 11.6 Å². The quantitative estimate of drug-likeness (QED) is 0.708. The number of carbonyl (C=O) groups is 1. The van der Waals surface area contributed by atoms with Crippen LogP contribution >= 0.6 is 0 Å². The average molecular weight is 403 g/mol. The Morgan fingerprint density at radius 1 is 1.21 bits per heavy atom. The Bertz CT molecular complexity index is 839. The third-order valence-electron chi connectivity index (χ3n) is 5.13. The molecule has 2 aromatic carbocycles. The first-order valence-corrected chi connectivity index (χ1v) is 9.85. The Morgan fingerprint density at radius 3 is 2.66 bits per heavy atom. The number of nitrogens with zero attached hydrogens (tertiary/aromatic N) is 1. The van der Waals surface area contributed by atoms with Crippen LogP contribution in [0.3, 0.4) is 0 Å². The van der Waals surface area contributed by atoms with Crippen molar-refractivity contribution in [2.75, 3.05) is 25.0 Å². The molecule has 0 bridgehead atoms. The van der Waals surface area contributed by atoms with E-state index in [0.717, 1.165) is 50.3 Å². The van der Waals surface area contributed by atoms with Crippen LogP contribution in [0.25, 0.3) is 0 Å². The molecule has 0 aliphatic carbocycles. The van der Waals surface area contributed by atoms with Crippen molar-refractivity contribution < 1.29 is 18.3 Å². The second kappa shape index (κ2) is 9.69. The molecule has 1 aliphatic heterocycles. The molecule has 1 saturated heterocycles. The van der Waals surface area contributed by atoms with Crippen LogP contribution in [0.4, 0.5) is 14.5 Å². The minimum absolute atomic E-state index is 0.00492. The SMILES string of the molecule is CC(COc1ccc(F)c(F)c1)Nc1cccc(CN2CCC(C(N)=O)CC2)c1. The predicted molar refractivity (Wildman–Crippen MR) is 109 cm³/mol. The molecule has 1 heterocycles.